The van der Waals surface area contributed by atoms with Gasteiger partial charge in [0.2, 0.25) is 0 Å². The molecule has 1 aliphatic heterocycles. The van der Waals surface area contributed by atoms with Crippen LogP contribution in [-0.2, 0) is 12.8 Å². The molecule has 0 saturated carbocycles. The highest BCUT2D eigenvalue weighted by molar-refractivity contribution is 6.30. The second kappa shape index (κ2) is 5.55. The first kappa shape index (κ1) is 13.6. The zero-order valence-corrected chi connectivity index (χ0v) is 12.0. The summed E-state index contributed by atoms with van der Waals surface area (Å²) in [6.45, 7) is 1.87. The minimum Gasteiger partial charge on any atom is -0.315 e. The van der Waals surface area contributed by atoms with Crippen LogP contribution in [0.4, 0.5) is 4.39 Å². The van der Waals surface area contributed by atoms with E-state index in [1.54, 1.807) is 6.07 Å². The van der Waals surface area contributed by atoms with E-state index in [9.17, 15) is 4.39 Å². The van der Waals surface area contributed by atoms with Gasteiger partial charge in [0.1, 0.15) is 5.82 Å². The normalized spacial score (nSPS) is 16.7. The van der Waals surface area contributed by atoms with Gasteiger partial charge in [0.25, 0.3) is 0 Å². The minimum atomic E-state index is -0.197. The molecule has 1 fully saturated rings. The van der Waals surface area contributed by atoms with Gasteiger partial charge in [-0.25, -0.2) is 4.39 Å². The zero-order chi connectivity index (χ0) is 14.0. The molecular formula is C17H17ClFN. The summed E-state index contributed by atoms with van der Waals surface area (Å²) in [4.78, 5) is 0. The van der Waals surface area contributed by atoms with Crippen LogP contribution in [0.1, 0.15) is 11.1 Å². The molecule has 0 aromatic heterocycles. The number of nitrogens with one attached hydrogen (secondary N) is 1. The molecule has 0 amide bonds. The van der Waals surface area contributed by atoms with E-state index in [4.69, 9.17) is 11.6 Å². The van der Waals surface area contributed by atoms with Crippen LogP contribution in [-0.4, -0.2) is 13.1 Å². The lowest BCUT2D eigenvalue weighted by Gasteiger charge is -2.43. The Morgan fingerprint density at radius 2 is 1.80 bits per heavy atom. The van der Waals surface area contributed by atoms with Crippen LogP contribution in [0.25, 0.3) is 0 Å². The molecule has 1 aliphatic rings. The van der Waals surface area contributed by atoms with Crippen molar-refractivity contribution in [3.05, 3.63) is 70.5 Å². The Hall–Kier alpha value is -1.38. The summed E-state index contributed by atoms with van der Waals surface area (Å²) in [5, 5.41) is 3.78. The maximum atomic E-state index is 14.0. The number of halogens is 2. The number of hydrogen-bond acceptors (Lipinski definition) is 1. The van der Waals surface area contributed by atoms with E-state index in [-0.39, 0.29) is 11.2 Å². The van der Waals surface area contributed by atoms with Gasteiger partial charge in [-0.1, -0.05) is 48.0 Å². The highest BCUT2D eigenvalue weighted by atomic mass is 35.5. The van der Waals surface area contributed by atoms with E-state index < -0.39 is 0 Å². The maximum Gasteiger partial charge on any atom is 0.127 e. The van der Waals surface area contributed by atoms with Crippen molar-refractivity contribution in [3.63, 3.8) is 0 Å². The molecule has 1 saturated heterocycles. The van der Waals surface area contributed by atoms with Crippen LogP contribution in [0.5, 0.6) is 0 Å². The van der Waals surface area contributed by atoms with Gasteiger partial charge in [-0.15, -0.1) is 0 Å². The fraction of sp³-hybridized carbons (Fsp3) is 0.294. The monoisotopic (exact) mass is 289 g/mol. The predicted molar refractivity (Wildman–Crippen MR) is 80.6 cm³/mol. The molecule has 3 rings (SSSR count). The fourth-order valence-electron chi connectivity index (χ4n) is 2.89. The Morgan fingerprint density at radius 3 is 2.40 bits per heavy atom. The number of benzene rings is 2. The van der Waals surface area contributed by atoms with Gasteiger partial charge in [0.05, 0.1) is 0 Å². The van der Waals surface area contributed by atoms with Gasteiger partial charge in [0.15, 0.2) is 0 Å². The Morgan fingerprint density at radius 1 is 1.05 bits per heavy atom. The Kier molecular flexibility index (Phi) is 3.77. The van der Waals surface area contributed by atoms with E-state index in [2.05, 4.69) is 29.6 Å². The molecule has 1 N–H and O–H groups in total. The van der Waals surface area contributed by atoms with Crippen molar-refractivity contribution in [1.29, 1.82) is 0 Å². The van der Waals surface area contributed by atoms with Crippen molar-refractivity contribution < 1.29 is 4.39 Å². The SMILES string of the molecule is Fc1cc(Cl)ccc1CC1(Cc2ccccc2)CNC1. The average molecular weight is 290 g/mol. The molecule has 104 valence electrons. The molecule has 20 heavy (non-hydrogen) atoms. The van der Waals surface area contributed by atoms with Crippen LogP contribution >= 0.6 is 11.6 Å². The third-order valence-corrected chi connectivity index (χ3v) is 4.24. The third kappa shape index (κ3) is 2.87. The van der Waals surface area contributed by atoms with Gasteiger partial charge in [-0.3, -0.25) is 0 Å². The standard InChI is InChI=1S/C17H17ClFN/c18-15-7-6-14(16(19)8-15)10-17(11-20-12-17)9-13-4-2-1-3-5-13/h1-8,20H,9-12H2. The topological polar surface area (TPSA) is 12.0 Å². The minimum absolute atomic E-state index is 0.121. The van der Waals surface area contributed by atoms with Crippen molar-refractivity contribution in [2.75, 3.05) is 13.1 Å². The highest BCUT2D eigenvalue weighted by Crippen LogP contribution is 2.33. The maximum absolute atomic E-state index is 14.0. The van der Waals surface area contributed by atoms with E-state index in [0.717, 1.165) is 31.5 Å². The van der Waals surface area contributed by atoms with Gasteiger partial charge in [0, 0.05) is 23.5 Å². The van der Waals surface area contributed by atoms with Gasteiger partial charge in [-0.05, 0) is 36.1 Å². The van der Waals surface area contributed by atoms with Gasteiger partial charge >= 0.3 is 0 Å². The molecule has 0 bridgehead atoms. The largest absolute Gasteiger partial charge is 0.315 e. The Bertz CT molecular complexity index is 593. The molecule has 0 spiro atoms. The van der Waals surface area contributed by atoms with E-state index in [1.807, 2.05) is 12.1 Å². The molecule has 2 aromatic rings. The summed E-state index contributed by atoms with van der Waals surface area (Å²) in [7, 11) is 0. The quantitative estimate of drug-likeness (QED) is 0.901. The van der Waals surface area contributed by atoms with Gasteiger partial charge in [-0.2, -0.15) is 0 Å². The number of rotatable bonds is 4. The van der Waals surface area contributed by atoms with Crippen LogP contribution in [0, 0.1) is 11.2 Å². The van der Waals surface area contributed by atoms with E-state index >= 15 is 0 Å². The summed E-state index contributed by atoms with van der Waals surface area (Å²) in [6.07, 6.45) is 1.72. The second-order valence-electron chi connectivity index (χ2n) is 5.68. The fourth-order valence-corrected chi connectivity index (χ4v) is 3.05. The first-order chi connectivity index (χ1) is 9.67. The third-order valence-electron chi connectivity index (χ3n) is 4.00. The van der Waals surface area contributed by atoms with Crippen molar-refractivity contribution >= 4 is 11.6 Å². The van der Waals surface area contributed by atoms with Crippen molar-refractivity contribution in [2.24, 2.45) is 5.41 Å². The number of hydrogen-bond donors (Lipinski definition) is 1. The first-order valence-electron chi connectivity index (χ1n) is 6.86. The lowest BCUT2D eigenvalue weighted by atomic mass is 9.72. The first-order valence-corrected chi connectivity index (χ1v) is 7.23. The van der Waals surface area contributed by atoms with Crippen molar-refractivity contribution in [2.45, 2.75) is 12.8 Å². The van der Waals surface area contributed by atoms with Crippen molar-refractivity contribution in [1.82, 2.24) is 5.32 Å². The molecule has 1 nitrogen and oxygen atoms in total. The van der Waals surface area contributed by atoms with Crippen LogP contribution in [0.3, 0.4) is 0 Å². The van der Waals surface area contributed by atoms with E-state index in [1.165, 1.54) is 11.6 Å². The Labute approximate surface area is 123 Å². The lowest BCUT2D eigenvalue weighted by Crippen LogP contribution is -2.56. The molecule has 1 heterocycles. The highest BCUT2D eigenvalue weighted by Gasteiger charge is 2.37. The van der Waals surface area contributed by atoms with E-state index in [0.29, 0.717) is 5.02 Å². The summed E-state index contributed by atoms with van der Waals surface area (Å²) in [6, 6.07) is 15.4. The molecule has 0 aliphatic carbocycles. The van der Waals surface area contributed by atoms with Gasteiger partial charge < -0.3 is 5.32 Å². The van der Waals surface area contributed by atoms with Crippen LogP contribution in [0.15, 0.2) is 48.5 Å². The molecule has 0 radical (unpaired) electrons. The smallest absolute Gasteiger partial charge is 0.127 e. The summed E-state index contributed by atoms with van der Waals surface area (Å²) in [5.41, 5.74) is 2.19. The van der Waals surface area contributed by atoms with Crippen molar-refractivity contribution in [3.8, 4) is 0 Å². The molecule has 2 aromatic carbocycles. The molecule has 3 heteroatoms. The zero-order valence-electron chi connectivity index (χ0n) is 11.2. The molecule has 0 unspecified atom stereocenters. The predicted octanol–water partition coefficient (Wildman–Crippen LogP) is 3.85. The van der Waals surface area contributed by atoms with Crippen LogP contribution in [0.2, 0.25) is 5.02 Å². The second-order valence-corrected chi connectivity index (χ2v) is 6.11. The Balaban J connectivity index is 1.79. The summed E-state index contributed by atoms with van der Waals surface area (Å²) < 4.78 is 14.0. The lowest BCUT2D eigenvalue weighted by molar-refractivity contribution is 0.165. The average Bonchev–Trinajstić information content (AvgIpc) is 2.40. The molecular weight excluding hydrogens is 273 g/mol. The van der Waals surface area contributed by atoms with Crippen LogP contribution < -0.4 is 5.32 Å². The summed E-state index contributed by atoms with van der Waals surface area (Å²) >= 11 is 5.81. The summed E-state index contributed by atoms with van der Waals surface area (Å²) in [5.74, 6) is -0.197. The molecule has 0 atom stereocenters.